The first-order valence-corrected chi connectivity index (χ1v) is 6.31. The van der Waals surface area contributed by atoms with E-state index in [2.05, 4.69) is 14.7 Å². The second-order valence-electron chi connectivity index (χ2n) is 3.76. The van der Waals surface area contributed by atoms with E-state index in [-0.39, 0.29) is 11.9 Å². The molecule has 0 aliphatic rings. The zero-order valence-corrected chi connectivity index (χ0v) is 10.6. The van der Waals surface area contributed by atoms with E-state index in [0.29, 0.717) is 5.56 Å². The predicted molar refractivity (Wildman–Crippen MR) is 67.7 cm³/mol. The van der Waals surface area contributed by atoms with Gasteiger partial charge >= 0.3 is 0 Å². The zero-order valence-electron chi connectivity index (χ0n) is 9.77. The molecule has 1 aromatic carbocycles. The van der Waals surface area contributed by atoms with Gasteiger partial charge in [-0.3, -0.25) is 0 Å². The number of anilines is 1. The quantitative estimate of drug-likeness (QED) is 0.904. The summed E-state index contributed by atoms with van der Waals surface area (Å²) in [5.41, 5.74) is 0.640. The van der Waals surface area contributed by atoms with E-state index in [1.165, 1.54) is 17.6 Å². The second-order valence-corrected chi connectivity index (χ2v) is 4.51. The molecule has 90 valence electrons. The Hall–Kier alpha value is -1.49. The third kappa shape index (κ3) is 2.79. The number of aryl methyl sites for hydroxylation is 1. The van der Waals surface area contributed by atoms with E-state index in [1.807, 2.05) is 19.9 Å². The molecule has 1 N–H and O–H groups in total. The fourth-order valence-electron chi connectivity index (χ4n) is 1.55. The molecule has 5 heteroatoms. The average molecular weight is 251 g/mol. The molecule has 0 spiro atoms. The molecule has 0 saturated carbocycles. The van der Waals surface area contributed by atoms with Crippen molar-refractivity contribution >= 4 is 16.7 Å². The van der Waals surface area contributed by atoms with Crippen molar-refractivity contribution in [3.05, 3.63) is 41.5 Å². The molecular weight excluding hydrogens is 237 g/mol. The van der Waals surface area contributed by atoms with E-state index in [1.54, 1.807) is 12.1 Å². The van der Waals surface area contributed by atoms with Crippen LogP contribution in [0.15, 0.2) is 24.3 Å². The van der Waals surface area contributed by atoms with Gasteiger partial charge in [0.15, 0.2) is 0 Å². The number of aromatic nitrogens is 2. The number of hydrogen-bond donors (Lipinski definition) is 1. The molecule has 2 aromatic rings. The lowest BCUT2D eigenvalue weighted by atomic mass is 10.1. The monoisotopic (exact) mass is 251 g/mol. The van der Waals surface area contributed by atoms with Crippen LogP contribution in [-0.2, 0) is 6.42 Å². The molecule has 3 nitrogen and oxygen atoms in total. The molecule has 1 heterocycles. The summed E-state index contributed by atoms with van der Waals surface area (Å²) in [7, 11) is 0. The summed E-state index contributed by atoms with van der Waals surface area (Å²) >= 11 is 1.31. The molecule has 0 aliphatic carbocycles. The summed E-state index contributed by atoms with van der Waals surface area (Å²) in [6.45, 7) is 3.91. The van der Waals surface area contributed by atoms with Gasteiger partial charge < -0.3 is 5.32 Å². The lowest BCUT2D eigenvalue weighted by Crippen LogP contribution is -2.08. The fraction of sp³-hybridized carbons (Fsp3) is 0.333. The van der Waals surface area contributed by atoms with Gasteiger partial charge in [-0.15, -0.1) is 0 Å². The second kappa shape index (κ2) is 5.23. The lowest BCUT2D eigenvalue weighted by molar-refractivity contribution is 0.600. The van der Waals surface area contributed by atoms with Crippen molar-refractivity contribution in [2.75, 3.05) is 5.32 Å². The normalized spacial score (nSPS) is 12.4. The maximum Gasteiger partial charge on any atom is 0.203 e. The van der Waals surface area contributed by atoms with Gasteiger partial charge in [-0.2, -0.15) is 4.37 Å². The Morgan fingerprint density at radius 2 is 2.18 bits per heavy atom. The highest BCUT2D eigenvalue weighted by atomic mass is 32.1. The summed E-state index contributed by atoms with van der Waals surface area (Å²) in [6.07, 6.45) is 0.812. The van der Waals surface area contributed by atoms with Gasteiger partial charge in [0.05, 0.1) is 6.04 Å². The first kappa shape index (κ1) is 12.0. The van der Waals surface area contributed by atoms with Crippen LogP contribution in [0.5, 0.6) is 0 Å². The van der Waals surface area contributed by atoms with Crippen LogP contribution < -0.4 is 5.32 Å². The van der Waals surface area contributed by atoms with Gasteiger partial charge in [-0.25, -0.2) is 9.37 Å². The van der Waals surface area contributed by atoms with Crippen molar-refractivity contribution < 1.29 is 4.39 Å². The van der Waals surface area contributed by atoms with E-state index in [9.17, 15) is 4.39 Å². The standard InChI is InChI=1S/C12H14FN3S/c1-3-11-15-12(17-16-11)14-8(2)9-6-4-5-7-10(9)13/h4-8H,3H2,1-2H3,(H,14,15,16). The van der Waals surface area contributed by atoms with Crippen LogP contribution in [0.1, 0.15) is 31.3 Å². The molecule has 1 aromatic heterocycles. The first-order chi connectivity index (χ1) is 8.20. The van der Waals surface area contributed by atoms with E-state index < -0.39 is 0 Å². The molecule has 0 bridgehead atoms. The van der Waals surface area contributed by atoms with Crippen molar-refractivity contribution in [2.45, 2.75) is 26.3 Å². The maximum absolute atomic E-state index is 13.5. The Balaban J connectivity index is 2.11. The molecule has 2 rings (SSSR count). The number of hydrogen-bond acceptors (Lipinski definition) is 4. The third-order valence-electron chi connectivity index (χ3n) is 2.50. The summed E-state index contributed by atoms with van der Waals surface area (Å²) in [5, 5.41) is 3.89. The summed E-state index contributed by atoms with van der Waals surface area (Å²) in [4.78, 5) is 4.30. The van der Waals surface area contributed by atoms with Gasteiger partial charge in [0.25, 0.3) is 0 Å². The number of halogens is 1. The first-order valence-electron chi connectivity index (χ1n) is 5.54. The Bertz CT molecular complexity index is 498. The van der Waals surface area contributed by atoms with E-state index >= 15 is 0 Å². The molecule has 0 aliphatic heterocycles. The summed E-state index contributed by atoms with van der Waals surface area (Å²) in [5.74, 6) is 0.617. The number of nitrogens with zero attached hydrogens (tertiary/aromatic N) is 2. The number of nitrogens with one attached hydrogen (secondary N) is 1. The minimum atomic E-state index is -0.201. The molecule has 0 amide bonds. The van der Waals surface area contributed by atoms with Gasteiger partial charge in [-0.05, 0) is 13.0 Å². The van der Waals surface area contributed by atoms with Gasteiger partial charge in [0.2, 0.25) is 5.13 Å². The third-order valence-corrected chi connectivity index (χ3v) is 3.18. The maximum atomic E-state index is 13.5. The van der Waals surface area contributed by atoms with Gasteiger partial charge in [0.1, 0.15) is 11.6 Å². The molecule has 1 unspecified atom stereocenters. The predicted octanol–water partition coefficient (Wildman–Crippen LogP) is 3.41. The molecule has 17 heavy (non-hydrogen) atoms. The SMILES string of the molecule is CCc1nsc(NC(C)c2ccccc2F)n1. The Morgan fingerprint density at radius 3 is 2.82 bits per heavy atom. The van der Waals surface area contributed by atoms with Crippen molar-refractivity contribution in [3.63, 3.8) is 0 Å². The minimum Gasteiger partial charge on any atom is -0.354 e. The molecule has 1 atom stereocenters. The van der Waals surface area contributed by atoms with Crippen molar-refractivity contribution in [2.24, 2.45) is 0 Å². The van der Waals surface area contributed by atoms with Crippen molar-refractivity contribution in [3.8, 4) is 0 Å². The zero-order chi connectivity index (χ0) is 12.3. The molecule has 0 saturated heterocycles. The van der Waals surface area contributed by atoms with Crippen LogP contribution in [0.4, 0.5) is 9.52 Å². The van der Waals surface area contributed by atoms with Crippen LogP contribution in [0.2, 0.25) is 0 Å². The molecule has 0 radical (unpaired) electrons. The van der Waals surface area contributed by atoms with Crippen LogP contribution in [0.25, 0.3) is 0 Å². The number of benzene rings is 1. The smallest absolute Gasteiger partial charge is 0.203 e. The van der Waals surface area contributed by atoms with Crippen LogP contribution >= 0.6 is 11.5 Å². The average Bonchev–Trinajstić information content (AvgIpc) is 2.77. The summed E-state index contributed by atoms with van der Waals surface area (Å²) in [6, 6.07) is 6.63. The lowest BCUT2D eigenvalue weighted by Gasteiger charge is -2.13. The van der Waals surface area contributed by atoms with Crippen molar-refractivity contribution in [1.82, 2.24) is 9.36 Å². The topological polar surface area (TPSA) is 37.8 Å². The summed E-state index contributed by atoms with van der Waals surface area (Å²) < 4.78 is 17.7. The Kier molecular flexibility index (Phi) is 3.68. The van der Waals surface area contributed by atoms with Crippen LogP contribution in [0, 0.1) is 5.82 Å². The Labute approximate surface area is 104 Å². The van der Waals surface area contributed by atoms with E-state index in [0.717, 1.165) is 17.4 Å². The van der Waals surface area contributed by atoms with Gasteiger partial charge in [0, 0.05) is 23.5 Å². The van der Waals surface area contributed by atoms with Crippen molar-refractivity contribution in [1.29, 1.82) is 0 Å². The Morgan fingerprint density at radius 1 is 1.41 bits per heavy atom. The number of rotatable bonds is 4. The highest BCUT2D eigenvalue weighted by molar-refractivity contribution is 7.09. The minimum absolute atomic E-state index is 0.117. The molecule has 0 fully saturated rings. The highest BCUT2D eigenvalue weighted by Gasteiger charge is 2.12. The van der Waals surface area contributed by atoms with E-state index in [4.69, 9.17) is 0 Å². The van der Waals surface area contributed by atoms with Gasteiger partial charge in [-0.1, -0.05) is 25.1 Å². The largest absolute Gasteiger partial charge is 0.354 e. The highest BCUT2D eigenvalue weighted by Crippen LogP contribution is 2.22. The molecular formula is C12H14FN3S. The fourth-order valence-corrected chi connectivity index (χ4v) is 2.28. The van der Waals surface area contributed by atoms with Crippen LogP contribution in [0.3, 0.4) is 0 Å². The van der Waals surface area contributed by atoms with Crippen LogP contribution in [-0.4, -0.2) is 9.36 Å².